The molecule has 0 aliphatic rings. The summed E-state index contributed by atoms with van der Waals surface area (Å²) >= 11 is 0. The molecule has 1 atom stereocenters. The van der Waals surface area contributed by atoms with E-state index in [0.717, 1.165) is 6.42 Å². The Kier molecular flexibility index (Phi) is 7.23. The molecule has 2 amide bonds. The summed E-state index contributed by atoms with van der Waals surface area (Å²) in [7, 11) is 4.07. The maximum Gasteiger partial charge on any atom is 0.314 e. The summed E-state index contributed by atoms with van der Waals surface area (Å²) in [6.07, 6.45) is 1.04. The van der Waals surface area contributed by atoms with Gasteiger partial charge in [-0.25, -0.2) is 4.79 Å². The lowest BCUT2D eigenvalue weighted by Gasteiger charge is -2.25. The van der Waals surface area contributed by atoms with E-state index in [4.69, 9.17) is 0 Å². The third-order valence-electron chi connectivity index (χ3n) is 3.52. The molecule has 1 rings (SSSR count). The Morgan fingerprint density at radius 3 is 2.14 bits per heavy atom. The smallest absolute Gasteiger partial charge is 0.314 e. The highest BCUT2D eigenvalue weighted by atomic mass is 16.2. The van der Waals surface area contributed by atoms with Gasteiger partial charge in [-0.05, 0) is 37.6 Å². The zero-order chi connectivity index (χ0) is 15.8. The summed E-state index contributed by atoms with van der Waals surface area (Å²) < 4.78 is 0. The van der Waals surface area contributed by atoms with Gasteiger partial charge in [-0.3, -0.25) is 0 Å². The number of nitrogens with zero attached hydrogens (tertiary/aromatic N) is 1. The van der Waals surface area contributed by atoms with Crippen LogP contribution in [0, 0.1) is 5.92 Å². The van der Waals surface area contributed by atoms with Crippen molar-refractivity contribution in [3.63, 3.8) is 0 Å². The molecule has 0 aromatic heterocycles. The Balaban J connectivity index is 2.59. The number of urea groups is 1. The normalized spacial score (nSPS) is 12.5. The van der Waals surface area contributed by atoms with Gasteiger partial charge in [0.15, 0.2) is 0 Å². The van der Waals surface area contributed by atoms with E-state index in [9.17, 15) is 4.79 Å². The van der Waals surface area contributed by atoms with Crippen LogP contribution >= 0.6 is 0 Å². The van der Waals surface area contributed by atoms with Crippen LogP contribution in [-0.4, -0.2) is 38.1 Å². The minimum absolute atomic E-state index is 0.0965. The largest absolute Gasteiger partial charge is 0.338 e. The zero-order valence-electron chi connectivity index (χ0n) is 13.9. The SMILES string of the molecule is CCc1ccc(C(CNC(=O)NCC(C)C)N(C)C)cc1. The molecule has 4 heteroatoms. The van der Waals surface area contributed by atoms with E-state index in [1.54, 1.807) is 0 Å². The summed E-state index contributed by atoms with van der Waals surface area (Å²) in [6.45, 7) is 7.61. The molecule has 118 valence electrons. The third-order valence-corrected chi connectivity index (χ3v) is 3.52. The molecule has 1 unspecified atom stereocenters. The molecule has 0 saturated carbocycles. The number of aryl methyl sites for hydroxylation is 1. The second kappa shape index (κ2) is 8.67. The minimum Gasteiger partial charge on any atom is -0.338 e. The van der Waals surface area contributed by atoms with Gasteiger partial charge in [0.1, 0.15) is 0 Å². The van der Waals surface area contributed by atoms with Crippen molar-refractivity contribution >= 4 is 6.03 Å². The fourth-order valence-corrected chi connectivity index (χ4v) is 2.12. The van der Waals surface area contributed by atoms with Crippen molar-refractivity contribution in [2.75, 3.05) is 27.2 Å². The van der Waals surface area contributed by atoms with Crippen LogP contribution in [0.15, 0.2) is 24.3 Å². The molecule has 0 heterocycles. The topological polar surface area (TPSA) is 44.4 Å². The molecule has 0 spiro atoms. The molecule has 0 fully saturated rings. The van der Waals surface area contributed by atoms with Gasteiger partial charge in [0.25, 0.3) is 0 Å². The summed E-state index contributed by atoms with van der Waals surface area (Å²) in [5, 5.41) is 5.83. The number of hydrogen-bond donors (Lipinski definition) is 2. The third kappa shape index (κ3) is 6.17. The van der Waals surface area contributed by atoms with Crippen molar-refractivity contribution in [1.29, 1.82) is 0 Å². The van der Waals surface area contributed by atoms with Crippen LogP contribution in [0.5, 0.6) is 0 Å². The molecule has 0 radical (unpaired) electrons. The van der Waals surface area contributed by atoms with Crippen molar-refractivity contribution < 1.29 is 4.79 Å². The molecule has 21 heavy (non-hydrogen) atoms. The van der Waals surface area contributed by atoms with E-state index in [2.05, 4.69) is 60.6 Å². The molecule has 2 N–H and O–H groups in total. The van der Waals surface area contributed by atoms with E-state index in [0.29, 0.717) is 19.0 Å². The first kappa shape index (κ1) is 17.5. The second-order valence-electron chi connectivity index (χ2n) is 6.06. The van der Waals surface area contributed by atoms with Gasteiger partial charge in [-0.1, -0.05) is 45.0 Å². The van der Waals surface area contributed by atoms with Crippen LogP contribution in [0.3, 0.4) is 0 Å². The molecule has 0 saturated heterocycles. The Bertz CT molecular complexity index is 426. The van der Waals surface area contributed by atoms with Crippen LogP contribution < -0.4 is 10.6 Å². The lowest BCUT2D eigenvalue weighted by atomic mass is 10.0. The Morgan fingerprint density at radius 2 is 1.67 bits per heavy atom. The van der Waals surface area contributed by atoms with Crippen LogP contribution in [0.4, 0.5) is 4.79 Å². The fraction of sp³-hybridized carbons (Fsp3) is 0.588. The number of likely N-dealkylation sites (N-methyl/N-ethyl adjacent to an activating group) is 1. The van der Waals surface area contributed by atoms with Gasteiger partial charge in [0.2, 0.25) is 0 Å². The van der Waals surface area contributed by atoms with Gasteiger partial charge in [-0.15, -0.1) is 0 Å². The average Bonchev–Trinajstić information content (AvgIpc) is 2.45. The van der Waals surface area contributed by atoms with Crippen LogP contribution in [0.25, 0.3) is 0 Å². The molecular formula is C17H29N3O. The average molecular weight is 291 g/mol. The van der Waals surface area contributed by atoms with Crippen molar-refractivity contribution in [3.8, 4) is 0 Å². The number of benzene rings is 1. The summed E-state index contributed by atoms with van der Waals surface area (Å²) in [6, 6.07) is 8.70. The summed E-state index contributed by atoms with van der Waals surface area (Å²) in [5.41, 5.74) is 2.56. The number of carbonyl (C=O) groups excluding carboxylic acids is 1. The Morgan fingerprint density at radius 1 is 1.10 bits per heavy atom. The van der Waals surface area contributed by atoms with Crippen LogP contribution in [-0.2, 0) is 6.42 Å². The first-order valence-electron chi connectivity index (χ1n) is 7.71. The van der Waals surface area contributed by atoms with Gasteiger partial charge in [0, 0.05) is 13.1 Å². The molecule has 0 aliphatic carbocycles. The summed E-state index contributed by atoms with van der Waals surface area (Å²) in [4.78, 5) is 13.9. The maximum atomic E-state index is 11.8. The molecule has 0 bridgehead atoms. The quantitative estimate of drug-likeness (QED) is 0.811. The number of amides is 2. The molecule has 1 aromatic rings. The lowest BCUT2D eigenvalue weighted by molar-refractivity contribution is 0.231. The number of carbonyl (C=O) groups is 1. The predicted octanol–water partition coefficient (Wildman–Crippen LogP) is 2.81. The fourth-order valence-electron chi connectivity index (χ4n) is 2.12. The highest BCUT2D eigenvalue weighted by Gasteiger charge is 2.15. The van der Waals surface area contributed by atoms with Gasteiger partial charge in [-0.2, -0.15) is 0 Å². The highest BCUT2D eigenvalue weighted by Crippen LogP contribution is 2.18. The number of hydrogen-bond acceptors (Lipinski definition) is 2. The lowest BCUT2D eigenvalue weighted by Crippen LogP contribution is -2.41. The van der Waals surface area contributed by atoms with Crippen LogP contribution in [0.2, 0.25) is 0 Å². The van der Waals surface area contributed by atoms with E-state index >= 15 is 0 Å². The van der Waals surface area contributed by atoms with Crippen molar-refractivity contribution in [1.82, 2.24) is 15.5 Å². The van der Waals surface area contributed by atoms with Crippen molar-refractivity contribution in [2.45, 2.75) is 33.2 Å². The molecule has 0 aliphatic heterocycles. The first-order valence-corrected chi connectivity index (χ1v) is 7.71. The highest BCUT2D eigenvalue weighted by molar-refractivity contribution is 5.73. The van der Waals surface area contributed by atoms with Gasteiger partial charge >= 0.3 is 6.03 Å². The Labute approximate surface area is 128 Å². The second-order valence-corrected chi connectivity index (χ2v) is 6.06. The zero-order valence-corrected chi connectivity index (χ0v) is 13.9. The van der Waals surface area contributed by atoms with Crippen molar-refractivity contribution in [2.24, 2.45) is 5.92 Å². The van der Waals surface area contributed by atoms with Gasteiger partial charge < -0.3 is 15.5 Å². The predicted molar refractivity (Wildman–Crippen MR) is 88.5 cm³/mol. The molecule has 1 aromatic carbocycles. The first-order chi connectivity index (χ1) is 9.93. The molecular weight excluding hydrogens is 262 g/mol. The molecule has 4 nitrogen and oxygen atoms in total. The summed E-state index contributed by atoms with van der Waals surface area (Å²) in [5.74, 6) is 0.460. The number of rotatable bonds is 7. The van der Waals surface area contributed by atoms with E-state index in [-0.39, 0.29) is 12.1 Å². The van der Waals surface area contributed by atoms with Crippen molar-refractivity contribution in [3.05, 3.63) is 35.4 Å². The van der Waals surface area contributed by atoms with E-state index in [1.807, 2.05) is 14.1 Å². The number of nitrogens with one attached hydrogen (secondary N) is 2. The maximum absolute atomic E-state index is 11.8. The van der Waals surface area contributed by atoms with E-state index in [1.165, 1.54) is 11.1 Å². The van der Waals surface area contributed by atoms with E-state index < -0.39 is 0 Å². The van der Waals surface area contributed by atoms with Crippen LogP contribution in [0.1, 0.15) is 37.9 Å². The standard InChI is InChI=1S/C17H29N3O/c1-6-14-7-9-15(10-8-14)16(20(4)5)12-19-17(21)18-11-13(2)3/h7-10,13,16H,6,11-12H2,1-5H3,(H2,18,19,21). The minimum atomic E-state index is -0.0965. The monoisotopic (exact) mass is 291 g/mol. The Hall–Kier alpha value is -1.55. The van der Waals surface area contributed by atoms with Gasteiger partial charge in [0.05, 0.1) is 6.04 Å².